The molecule has 0 fully saturated rings. The molecule has 2 rings (SSSR count). The Morgan fingerprint density at radius 3 is 2.48 bits per heavy atom. The molecule has 1 aromatic heterocycles. The number of amides is 1. The molecule has 0 bridgehead atoms. The monoisotopic (exact) mass is 365 g/mol. The number of aromatic nitrogens is 2. The molecule has 1 aromatic carbocycles. The minimum absolute atomic E-state index is 0.0253. The molecule has 0 aliphatic rings. The lowest BCUT2D eigenvalue weighted by Gasteiger charge is -2.04. The molecule has 0 unspecified atom stereocenters. The molecule has 0 atom stereocenters. The number of hydrogen-bond donors (Lipinski definition) is 1. The lowest BCUT2D eigenvalue weighted by atomic mass is 10.1. The second-order valence-electron chi connectivity index (χ2n) is 4.95. The van der Waals surface area contributed by atoms with Crippen LogP contribution in [0, 0.1) is 0 Å². The lowest BCUT2D eigenvalue weighted by Crippen LogP contribution is -2.27. The summed E-state index contributed by atoms with van der Waals surface area (Å²) < 4.78 is 1.74. The van der Waals surface area contributed by atoms with Crippen LogP contribution in [-0.2, 0) is 11.2 Å². The van der Waals surface area contributed by atoms with Crippen molar-refractivity contribution >= 4 is 40.8 Å². The quantitative estimate of drug-likeness (QED) is 0.543. The summed E-state index contributed by atoms with van der Waals surface area (Å²) in [6.45, 7) is 6.51. The molecular formula is C16H19N3OS3. The predicted molar refractivity (Wildman–Crippen MR) is 99.3 cm³/mol. The number of thioether (sulfide) groups is 2. The fraction of sp³-hybridized carbons (Fsp3) is 0.312. The Morgan fingerprint density at radius 1 is 1.17 bits per heavy atom. The zero-order valence-corrected chi connectivity index (χ0v) is 15.4. The van der Waals surface area contributed by atoms with Gasteiger partial charge >= 0.3 is 0 Å². The van der Waals surface area contributed by atoms with Crippen molar-refractivity contribution < 1.29 is 4.79 Å². The van der Waals surface area contributed by atoms with E-state index in [1.807, 2.05) is 25.1 Å². The van der Waals surface area contributed by atoms with Crippen LogP contribution >= 0.6 is 34.9 Å². The van der Waals surface area contributed by atoms with Gasteiger partial charge in [0.25, 0.3) is 0 Å². The van der Waals surface area contributed by atoms with E-state index in [2.05, 4.69) is 34.2 Å². The molecule has 1 amide bonds. The van der Waals surface area contributed by atoms with Gasteiger partial charge in [-0.25, -0.2) is 0 Å². The smallest absolute Gasteiger partial charge is 0.230 e. The van der Waals surface area contributed by atoms with Crippen molar-refractivity contribution in [3.63, 3.8) is 0 Å². The van der Waals surface area contributed by atoms with E-state index in [-0.39, 0.29) is 5.91 Å². The highest BCUT2D eigenvalue weighted by molar-refractivity contribution is 8.03. The van der Waals surface area contributed by atoms with Crippen LogP contribution < -0.4 is 5.32 Å². The Kier molecular flexibility index (Phi) is 7.64. The van der Waals surface area contributed by atoms with Crippen LogP contribution in [0.15, 0.2) is 51.2 Å². The van der Waals surface area contributed by atoms with Gasteiger partial charge in [-0.3, -0.25) is 4.79 Å². The summed E-state index contributed by atoms with van der Waals surface area (Å²) in [7, 11) is 0. The minimum atomic E-state index is 0.0253. The second-order valence-corrected chi connectivity index (χ2v) is 8.38. The Morgan fingerprint density at radius 2 is 1.83 bits per heavy atom. The number of carbonyl (C=O) groups is 1. The van der Waals surface area contributed by atoms with E-state index < -0.39 is 0 Å². The van der Waals surface area contributed by atoms with Crippen molar-refractivity contribution in [2.75, 3.05) is 18.1 Å². The van der Waals surface area contributed by atoms with Crippen LogP contribution in [-0.4, -0.2) is 34.2 Å². The highest BCUT2D eigenvalue weighted by atomic mass is 32.2. The van der Waals surface area contributed by atoms with Crippen molar-refractivity contribution in [3.8, 4) is 0 Å². The van der Waals surface area contributed by atoms with Gasteiger partial charge in [0.05, 0.1) is 5.75 Å². The summed E-state index contributed by atoms with van der Waals surface area (Å²) >= 11 is 4.57. The minimum Gasteiger partial charge on any atom is -0.355 e. The highest BCUT2D eigenvalue weighted by Crippen LogP contribution is 2.29. The number of nitrogens with one attached hydrogen (secondary N) is 1. The van der Waals surface area contributed by atoms with Crippen LogP contribution in [0.25, 0.3) is 0 Å². The first-order valence-corrected chi connectivity index (χ1v) is 9.96. The number of benzene rings is 1. The van der Waals surface area contributed by atoms with Crippen molar-refractivity contribution in [3.05, 3.63) is 48.0 Å². The third-order valence-electron chi connectivity index (χ3n) is 2.74. The molecule has 0 aliphatic heterocycles. The number of nitrogens with zero attached hydrogens (tertiary/aromatic N) is 2. The average Bonchev–Trinajstić information content (AvgIpc) is 3.00. The summed E-state index contributed by atoms with van der Waals surface area (Å²) in [5, 5.41) is 11.1. The maximum Gasteiger partial charge on any atom is 0.230 e. The molecule has 4 nitrogen and oxygen atoms in total. The van der Waals surface area contributed by atoms with E-state index in [0.717, 1.165) is 26.4 Å². The molecule has 1 N–H and O–H groups in total. The highest BCUT2D eigenvalue weighted by Gasteiger charge is 2.08. The van der Waals surface area contributed by atoms with Crippen LogP contribution in [0.3, 0.4) is 0 Å². The topological polar surface area (TPSA) is 54.9 Å². The van der Waals surface area contributed by atoms with Gasteiger partial charge in [0.1, 0.15) is 0 Å². The number of carbonyl (C=O) groups excluding carboxylic acids is 1. The molecular weight excluding hydrogens is 346 g/mol. The summed E-state index contributed by atoms with van der Waals surface area (Å²) in [5.41, 5.74) is 2.33. The molecule has 1 heterocycles. The normalized spacial score (nSPS) is 10.5. The molecule has 0 radical (unpaired) electrons. The fourth-order valence-corrected chi connectivity index (χ4v) is 4.36. The Hall–Kier alpha value is -1.31. The molecule has 122 valence electrons. The first kappa shape index (κ1) is 18.0. The van der Waals surface area contributed by atoms with E-state index in [4.69, 9.17) is 0 Å². The third-order valence-corrected chi connectivity index (χ3v) is 6.16. The van der Waals surface area contributed by atoms with Crippen LogP contribution in [0.5, 0.6) is 0 Å². The largest absolute Gasteiger partial charge is 0.355 e. The van der Waals surface area contributed by atoms with Gasteiger partial charge in [-0.1, -0.05) is 77.3 Å². The molecule has 7 heteroatoms. The number of hydrogen-bond acceptors (Lipinski definition) is 6. The Balaban J connectivity index is 1.65. The molecule has 0 spiro atoms. The van der Waals surface area contributed by atoms with Gasteiger partial charge < -0.3 is 5.32 Å². The Bertz CT molecular complexity index is 643. The maximum atomic E-state index is 11.8. The van der Waals surface area contributed by atoms with E-state index >= 15 is 0 Å². The summed E-state index contributed by atoms with van der Waals surface area (Å²) in [5.74, 6) is 1.24. The van der Waals surface area contributed by atoms with Crippen molar-refractivity contribution in [2.24, 2.45) is 0 Å². The van der Waals surface area contributed by atoms with Gasteiger partial charge in [-0.2, -0.15) is 0 Å². The Labute approximate surface area is 149 Å². The van der Waals surface area contributed by atoms with Gasteiger partial charge in [0, 0.05) is 12.3 Å². The first-order valence-electron chi connectivity index (χ1n) is 7.17. The zero-order valence-electron chi connectivity index (χ0n) is 12.9. The van der Waals surface area contributed by atoms with Crippen LogP contribution in [0.2, 0.25) is 0 Å². The van der Waals surface area contributed by atoms with E-state index in [1.165, 1.54) is 28.7 Å². The summed E-state index contributed by atoms with van der Waals surface area (Å²) in [6.07, 6.45) is 0.845. The van der Waals surface area contributed by atoms with Crippen molar-refractivity contribution in [1.29, 1.82) is 0 Å². The molecule has 0 aliphatic carbocycles. The van der Waals surface area contributed by atoms with Crippen molar-refractivity contribution in [2.45, 2.75) is 22.0 Å². The molecule has 0 saturated heterocycles. The van der Waals surface area contributed by atoms with Gasteiger partial charge in [-0.15, -0.1) is 10.2 Å². The van der Waals surface area contributed by atoms with Crippen LogP contribution in [0.4, 0.5) is 0 Å². The zero-order chi connectivity index (χ0) is 16.5. The van der Waals surface area contributed by atoms with E-state index in [9.17, 15) is 4.79 Å². The van der Waals surface area contributed by atoms with Gasteiger partial charge in [0.2, 0.25) is 5.91 Å². The summed E-state index contributed by atoms with van der Waals surface area (Å²) in [6, 6.07) is 10.1. The molecule has 2 aromatic rings. The van der Waals surface area contributed by atoms with Crippen LogP contribution in [0.1, 0.15) is 12.5 Å². The fourth-order valence-electron chi connectivity index (χ4n) is 1.67. The predicted octanol–water partition coefficient (Wildman–Crippen LogP) is 3.66. The summed E-state index contributed by atoms with van der Waals surface area (Å²) in [4.78, 5) is 11.8. The lowest BCUT2D eigenvalue weighted by molar-refractivity contribution is -0.118. The second kappa shape index (κ2) is 9.75. The standard InChI is InChI=1S/C16H19N3OS3/c1-12(2)10-21-15-18-19-16(23-15)22-11-14(20)17-9-8-13-6-4-3-5-7-13/h3-7H,1,8-11H2,2H3,(H,17,20). The average molecular weight is 366 g/mol. The van der Waals surface area contributed by atoms with E-state index in [0.29, 0.717) is 12.3 Å². The molecule has 0 saturated carbocycles. The van der Waals surface area contributed by atoms with Crippen molar-refractivity contribution in [1.82, 2.24) is 15.5 Å². The van der Waals surface area contributed by atoms with Gasteiger partial charge in [-0.05, 0) is 18.9 Å². The maximum absolute atomic E-state index is 11.8. The third kappa shape index (κ3) is 7.20. The first-order chi connectivity index (χ1) is 11.1. The number of rotatable bonds is 9. The SMILES string of the molecule is C=C(C)CSc1nnc(SCC(=O)NCCc2ccccc2)s1. The molecule has 23 heavy (non-hydrogen) atoms. The van der Waals surface area contributed by atoms with E-state index in [1.54, 1.807) is 11.8 Å². The van der Waals surface area contributed by atoms with Gasteiger partial charge in [0.15, 0.2) is 8.68 Å².